The van der Waals surface area contributed by atoms with Crippen molar-refractivity contribution >= 4 is 16.8 Å². The first-order valence-corrected chi connectivity index (χ1v) is 10.3. The number of nitrogens with one attached hydrogen (secondary N) is 1. The second-order valence-corrected chi connectivity index (χ2v) is 7.57. The van der Waals surface area contributed by atoms with E-state index in [1.807, 2.05) is 29.2 Å². The molecule has 0 radical (unpaired) electrons. The van der Waals surface area contributed by atoms with E-state index in [-0.39, 0.29) is 11.9 Å². The van der Waals surface area contributed by atoms with Gasteiger partial charge in [0.1, 0.15) is 0 Å². The molecule has 0 bridgehead atoms. The quantitative estimate of drug-likeness (QED) is 0.624. The van der Waals surface area contributed by atoms with E-state index < -0.39 is 0 Å². The van der Waals surface area contributed by atoms with Gasteiger partial charge in [-0.05, 0) is 55.0 Å². The molecule has 1 N–H and O–H groups in total. The van der Waals surface area contributed by atoms with Crippen molar-refractivity contribution in [1.82, 2.24) is 9.88 Å². The lowest BCUT2D eigenvalue weighted by atomic mass is 10.0. The number of H-pyrrole nitrogens is 1. The van der Waals surface area contributed by atoms with Crippen LogP contribution in [0.25, 0.3) is 10.9 Å². The van der Waals surface area contributed by atoms with Crippen LogP contribution in [-0.2, 0) is 11.2 Å². The number of hydrogen-bond acceptors (Lipinski definition) is 3. The Morgan fingerprint density at radius 2 is 1.97 bits per heavy atom. The number of carbonyl (C=O) groups is 1. The molecule has 1 atom stereocenters. The standard InChI is InChI=1S/C24H28N2O3/c1-28-22-13-12-17(15-23(22)29-2)21-10-6-14-26(21)24(27)11-5-7-18-16-25-20-9-4-3-8-19(18)20/h3-4,8-9,12-13,15-16,21,25H,5-7,10-11,14H2,1-2H3/t21-/m0/s1. The van der Waals surface area contributed by atoms with E-state index in [2.05, 4.69) is 29.4 Å². The van der Waals surface area contributed by atoms with Gasteiger partial charge in [-0.2, -0.15) is 0 Å². The van der Waals surface area contributed by atoms with Crippen molar-refractivity contribution in [1.29, 1.82) is 0 Å². The summed E-state index contributed by atoms with van der Waals surface area (Å²) in [6.45, 7) is 0.824. The van der Waals surface area contributed by atoms with E-state index in [0.29, 0.717) is 17.9 Å². The summed E-state index contributed by atoms with van der Waals surface area (Å²) in [5.74, 6) is 1.66. The molecule has 29 heavy (non-hydrogen) atoms. The van der Waals surface area contributed by atoms with Gasteiger partial charge in [0.25, 0.3) is 0 Å². The molecule has 5 nitrogen and oxygen atoms in total. The number of methoxy groups -OCH3 is 2. The number of para-hydroxylation sites is 1. The molecule has 1 fully saturated rings. The monoisotopic (exact) mass is 392 g/mol. The number of carbonyl (C=O) groups excluding carboxylic acids is 1. The summed E-state index contributed by atoms with van der Waals surface area (Å²) in [6, 6.07) is 14.4. The average molecular weight is 392 g/mol. The number of aromatic nitrogens is 1. The van der Waals surface area contributed by atoms with Crippen molar-refractivity contribution in [2.75, 3.05) is 20.8 Å². The van der Waals surface area contributed by atoms with Gasteiger partial charge >= 0.3 is 0 Å². The Labute approximate surface area is 171 Å². The van der Waals surface area contributed by atoms with Gasteiger partial charge in [0.05, 0.1) is 20.3 Å². The van der Waals surface area contributed by atoms with Gasteiger partial charge in [-0.15, -0.1) is 0 Å². The largest absolute Gasteiger partial charge is 0.493 e. The second kappa shape index (κ2) is 8.60. The number of nitrogens with zero attached hydrogens (tertiary/aromatic N) is 1. The highest BCUT2D eigenvalue weighted by molar-refractivity contribution is 5.83. The highest BCUT2D eigenvalue weighted by Gasteiger charge is 2.30. The zero-order chi connectivity index (χ0) is 20.2. The molecule has 1 amide bonds. The number of fused-ring (bicyclic) bond motifs is 1. The number of benzene rings is 2. The van der Waals surface area contributed by atoms with Crippen LogP contribution in [0.4, 0.5) is 0 Å². The topological polar surface area (TPSA) is 54.6 Å². The first-order valence-electron chi connectivity index (χ1n) is 10.3. The molecule has 152 valence electrons. The van der Waals surface area contributed by atoms with E-state index in [4.69, 9.17) is 9.47 Å². The van der Waals surface area contributed by atoms with Crippen molar-refractivity contribution in [2.24, 2.45) is 0 Å². The van der Waals surface area contributed by atoms with Crippen molar-refractivity contribution in [3.63, 3.8) is 0 Å². The predicted octanol–water partition coefficient (Wildman–Crippen LogP) is 4.87. The smallest absolute Gasteiger partial charge is 0.223 e. The van der Waals surface area contributed by atoms with Crippen molar-refractivity contribution < 1.29 is 14.3 Å². The third kappa shape index (κ3) is 3.95. The van der Waals surface area contributed by atoms with Crippen LogP contribution in [0, 0.1) is 0 Å². The fourth-order valence-corrected chi connectivity index (χ4v) is 4.38. The SMILES string of the molecule is COc1ccc([C@@H]2CCCN2C(=O)CCCc2c[nH]c3ccccc23)cc1OC. The predicted molar refractivity (Wildman–Crippen MR) is 114 cm³/mol. The van der Waals surface area contributed by atoms with Gasteiger partial charge in [-0.25, -0.2) is 0 Å². The van der Waals surface area contributed by atoms with Gasteiger partial charge in [0.15, 0.2) is 11.5 Å². The van der Waals surface area contributed by atoms with E-state index in [0.717, 1.165) is 43.3 Å². The van der Waals surface area contributed by atoms with Crippen LogP contribution in [0.1, 0.15) is 42.9 Å². The zero-order valence-electron chi connectivity index (χ0n) is 17.1. The van der Waals surface area contributed by atoms with Gasteiger partial charge in [-0.1, -0.05) is 24.3 Å². The molecule has 3 aromatic rings. The fraction of sp³-hybridized carbons (Fsp3) is 0.375. The van der Waals surface area contributed by atoms with Crippen LogP contribution in [0.5, 0.6) is 11.5 Å². The first kappa shape index (κ1) is 19.4. The number of likely N-dealkylation sites (tertiary alicyclic amines) is 1. The summed E-state index contributed by atoms with van der Waals surface area (Å²) in [7, 11) is 3.28. The number of rotatable bonds is 7. The van der Waals surface area contributed by atoms with Crippen molar-refractivity contribution in [3.8, 4) is 11.5 Å². The summed E-state index contributed by atoms with van der Waals surface area (Å²) < 4.78 is 10.8. The van der Waals surface area contributed by atoms with Crippen LogP contribution in [-0.4, -0.2) is 36.6 Å². The Balaban J connectivity index is 1.40. The van der Waals surface area contributed by atoms with E-state index in [9.17, 15) is 4.79 Å². The van der Waals surface area contributed by atoms with Crippen LogP contribution >= 0.6 is 0 Å². The molecule has 5 heteroatoms. The summed E-state index contributed by atoms with van der Waals surface area (Å²) >= 11 is 0. The summed E-state index contributed by atoms with van der Waals surface area (Å²) in [6.07, 6.45) is 6.43. The third-order valence-electron chi connectivity index (χ3n) is 5.88. The molecular formula is C24H28N2O3. The molecule has 0 aliphatic carbocycles. The van der Waals surface area contributed by atoms with Crippen LogP contribution in [0.3, 0.4) is 0 Å². The Kier molecular flexibility index (Phi) is 5.74. The summed E-state index contributed by atoms with van der Waals surface area (Å²) in [5, 5.41) is 1.25. The van der Waals surface area contributed by atoms with Gasteiger partial charge in [-0.3, -0.25) is 4.79 Å². The lowest BCUT2D eigenvalue weighted by Gasteiger charge is -2.26. The van der Waals surface area contributed by atoms with Crippen LogP contribution < -0.4 is 9.47 Å². The van der Waals surface area contributed by atoms with E-state index >= 15 is 0 Å². The maximum Gasteiger partial charge on any atom is 0.223 e. The molecule has 0 saturated carbocycles. The molecule has 1 aromatic heterocycles. The average Bonchev–Trinajstić information content (AvgIpc) is 3.41. The lowest BCUT2D eigenvalue weighted by Crippen LogP contribution is -2.30. The van der Waals surface area contributed by atoms with Crippen LogP contribution in [0.2, 0.25) is 0 Å². The van der Waals surface area contributed by atoms with Crippen LogP contribution in [0.15, 0.2) is 48.7 Å². The van der Waals surface area contributed by atoms with Crippen molar-refractivity contribution in [3.05, 3.63) is 59.8 Å². The van der Waals surface area contributed by atoms with E-state index in [1.54, 1.807) is 14.2 Å². The van der Waals surface area contributed by atoms with E-state index in [1.165, 1.54) is 10.9 Å². The number of amides is 1. The maximum absolute atomic E-state index is 13.0. The lowest BCUT2D eigenvalue weighted by molar-refractivity contribution is -0.132. The third-order valence-corrected chi connectivity index (χ3v) is 5.88. The Bertz CT molecular complexity index is 995. The Morgan fingerprint density at radius 3 is 2.79 bits per heavy atom. The fourth-order valence-electron chi connectivity index (χ4n) is 4.38. The van der Waals surface area contributed by atoms with Gasteiger partial charge in [0, 0.05) is 30.1 Å². The minimum Gasteiger partial charge on any atom is -0.493 e. The minimum absolute atomic E-state index is 0.121. The molecule has 1 aliphatic rings. The Hall–Kier alpha value is -2.95. The maximum atomic E-state index is 13.0. The molecule has 1 saturated heterocycles. The number of ether oxygens (including phenoxy) is 2. The second-order valence-electron chi connectivity index (χ2n) is 7.57. The first-order chi connectivity index (χ1) is 14.2. The normalized spacial score (nSPS) is 16.3. The zero-order valence-corrected chi connectivity index (χ0v) is 17.1. The molecule has 2 heterocycles. The number of aromatic amines is 1. The number of hydrogen-bond donors (Lipinski definition) is 1. The molecule has 1 aliphatic heterocycles. The highest BCUT2D eigenvalue weighted by atomic mass is 16.5. The van der Waals surface area contributed by atoms with Gasteiger partial charge < -0.3 is 19.4 Å². The number of aryl methyl sites for hydroxylation is 1. The molecular weight excluding hydrogens is 364 g/mol. The molecule has 0 spiro atoms. The highest BCUT2D eigenvalue weighted by Crippen LogP contribution is 2.37. The van der Waals surface area contributed by atoms with Gasteiger partial charge in [0.2, 0.25) is 5.91 Å². The van der Waals surface area contributed by atoms with Crippen molar-refractivity contribution in [2.45, 2.75) is 38.1 Å². The summed E-state index contributed by atoms with van der Waals surface area (Å²) in [5.41, 5.74) is 3.55. The Morgan fingerprint density at radius 1 is 1.14 bits per heavy atom. The minimum atomic E-state index is 0.121. The molecule has 0 unspecified atom stereocenters. The molecule has 2 aromatic carbocycles. The molecule has 4 rings (SSSR count). The summed E-state index contributed by atoms with van der Waals surface area (Å²) in [4.78, 5) is 18.3.